The maximum atomic E-state index is 11.5. The summed E-state index contributed by atoms with van der Waals surface area (Å²) < 4.78 is 5.03. The molecule has 0 aliphatic carbocycles. The second-order valence-corrected chi connectivity index (χ2v) is 4.30. The van der Waals surface area contributed by atoms with E-state index in [0.717, 1.165) is 23.2 Å². The first-order valence-corrected chi connectivity index (χ1v) is 6.45. The Morgan fingerprint density at radius 1 is 1.11 bits per heavy atom. The third kappa shape index (κ3) is 3.91. The number of aromatic nitrogens is 1. The van der Waals surface area contributed by atoms with Crippen LogP contribution in [0.3, 0.4) is 0 Å². The molecule has 2 aromatic rings. The smallest absolute Gasteiger partial charge is 0.311 e. The molecule has 0 radical (unpaired) electrons. The van der Waals surface area contributed by atoms with E-state index in [-0.39, 0.29) is 12.4 Å². The highest BCUT2D eigenvalue weighted by Crippen LogP contribution is 2.17. The van der Waals surface area contributed by atoms with Crippen LogP contribution in [0.4, 0.5) is 0 Å². The maximum Gasteiger partial charge on any atom is 0.311 e. The highest BCUT2D eigenvalue weighted by atomic mass is 16.5. The lowest BCUT2D eigenvalue weighted by Gasteiger charge is -2.04. The summed E-state index contributed by atoms with van der Waals surface area (Å²) in [6.07, 6.45) is 2.86. The topological polar surface area (TPSA) is 39.2 Å². The minimum absolute atomic E-state index is 0.221. The number of benzene rings is 1. The van der Waals surface area contributed by atoms with Gasteiger partial charge in [-0.1, -0.05) is 43.3 Å². The van der Waals surface area contributed by atoms with Gasteiger partial charge in [0, 0.05) is 11.8 Å². The molecule has 98 valence electrons. The zero-order valence-electron chi connectivity index (χ0n) is 11.0. The molecule has 0 aliphatic rings. The molecule has 0 saturated carbocycles. The Morgan fingerprint density at radius 3 is 2.53 bits per heavy atom. The summed E-state index contributed by atoms with van der Waals surface area (Å²) >= 11 is 0. The first-order chi connectivity index (χ1) is 9.29. The van der Waals surface area contributed by atoms with Gasteiger partial charge < -0.3 is 4.74 Å². The molecule has 0 aliphatic heterocycles. The predicted octanol–water partition coefficient (Wildman–Crippen LogP) is 3.24. The van der Waals surface area contributed by atoms with Crippen molar-refractivity contribution in [3.05, 3.63) is 54.4 Å². The van der Waals surface area contributed by atoms with Crippen molar-refractivity contribution in [1.82, 2.24) is 4.98 Å². The van der Waals surface area contributed by atoms with E-state index in [0.29, 0.717) is 6.61 Å². The van der Waals surface area contributed by atoms with E-state index >= 15 is 0 Å². The van der Waals surface area contributed by atoms with E-state index < -0.39 is 0 Å². The predicted molar refractivity (Wildman–Crippen MR) is 74.6 cm³/mol. The average Bonchev–Trinajstić information content (AvgIpc) is 2.47. The van der Waals surface area contributed by atoms with Crippen molar-refractivity contribution in [3.8, 4) is 11.1 Å². The summed E-state index contributed by atoms with van der Waals surface area (Å²) in [6.45, 7) is 2.45. The van der Waals surface area contributed by atoms with Crippen LogP contribution in [0.2, 0.25) is 0 Å². The molecular formula is C16H17NO2. The number of carbonyl (C=O) groups is 1. The molecule has 3 heteroatoms. The van der Waals surface area contributed by atoms with E-state index in [1.165, 1.54) is 0 Å². The summed E-state index contributed by atoms with van der Waals surface area (Å²) in [5.74, 6) is -0.221. The molecule has 1 heterocycles. The highest BCUT2D eigenvalue weighted by molar-refractivity contribution is 5.72. The van der Waals surface area contributed by atoms with Gasteiger partial charge in [-0.05, 0) is 18.1 Å². The monoisotopic (exact) mass is 255 g/mol. The number of hydrogen-bond donors (Lipinski definition) is 0. The summed E-state index contributed by atoms with van der Waals surface area (Å²) in [7, 11) is 0. The first kappa shape index (κ1) is 13.3. The minimum Gasteiger partial charge on any atom is -0.465 e. The van der Waals surface area contributed by atoms with Gasteiger partial charge in [0.25, 0.3) is 0 Å². The number of pyridine rings is 1. The largest absolute Gasteiger partial charge is 0.465 e. The molecule has 0 N–H and O–H groups in total. The summed E-state index contributed by atoms with van der Waals surface area (Å²) in [5.41, 5.74) is 2.90. The molecule has 0 atom stereocenters. The van der Waals surface area contributed by atoms with Gasteiger partial charge in [-0.25, -0.2) is 0 Å². The van der Waals surface area contributed by atoms with Crippen LogP contribution < -0.4 is 0 Å². The third-order valence-corrected chi connectivity index (χ3v) is 2.72. The van der Waals surface area contributed by atoms with Gasteiger partial charge in [0.15, 0.2) is 0 Å². The summed E-state index contributed by atoms with van der Waals surface area (Å²) in [5, 5.41) is 0. The number of carbonyl (C=O) groups excluding carboxylic acids is 1. The fourth-order valence-corrected chi connectivity index (χ4v) is 1.75. The van der Waals surface area contributed by atoms with E-state index in [1.807, 2.05) is 49.4 Å². The van der Waals surface area contributed by atoms with Crippen molar-refractivity contribution >= 4 is 5.97 Å². The van der Waals surface area contributed by atoms with Crippen molar-refractivity contribution in [3.63, 3.8) is 0 Å². The zero-order valence-corrected chi connectivity index (χ0v) is 11.0. The Bertz CT molecular complexity index is 520. The maximum absolute atomic E-state index is 11.5. The summed E-state index contributed by atoms with van der Waals surface area (Å²) in [4.78, 5) is 15.8. The van der Waals surface area contributed by atoms with Crippen LogP contribution in [0.25, 0.3) is 11.1 Å². The Balaban J connectivity index is 2.01. The molecular weight excluding hydrogens is 238 g/mol. The number of hydrogen-bond acceptors (Lipinski definition) is 3. The van der Waals surface area contributed by atoms with Crippen molar-refractivity contribution in [2.24, 2.45) is 0 Å². The van der Waals surface area contributed by atoms with Gasteiger partial charge in [0.1, 0.15) is 0 Å². The molecule has 1 aromatic carbocycles. The van der Waals surface area contributed by atoms with Crippen molar-refractivity contribution in [2.75, 3.05) is 6.61 Å². The van der Waals surface area contributed by atoms with E-state index in [1.54, 1.807) is 6.20 Å². The number of nitrogens with zero attached hydrogens (tertiary/aromatic N) is 1. The highest BCUT2D eigenvalue weighted by Gasteiger charge is 2.06. The van der Waals surface area contributed by atoms with Crippen LogP contribution in [0, 0.1) is 0 Å². The fourth-order valence-electron chi connectivity index (χ4n) is 1.75. The Hall–Kier alpha value is -2.16. The van der Waals surface area contributed by atoms with Crippen molar-refractivity contribution in [2.45, 2.75) is 19.8 Å². The van der Waals surface area contributed by atoms with Gasteiger partial charge >= 0.3 is 5.97 Å². The van der Waals surface area contributed by atoms with Crippen molar-refractivity contribution in [1.29, 1.82) is 0 Å². The van der Waals surface area contributed by atoms with Gasteiger partial charge in [-0.3, -0.25) is 9.78 Å². The molecule has 0 amide bonds. The normalized spacial score (nSPS) is 10.2. The van der Waals surface area contributed by atoms with Gasteiger partial charge in [-0.15, -0.1) is 0 Å². The fraction of sp³-hybridized carbons (Fsp3) is 0.250. The molecule has 1 aromatic heterocycles. The summed E-state index contributed by atoms with van der Waals surface area (Å²) in [6, 6.07) is 13.9. The van der Waals surface area contributed by atoms with Crippen LogP contribution in [-0.2, 0) is 16.0 Å². The number of rotatable bonds is 5. The van der Waals surface area contributed by atoms with Crippen LogP contribution >= 0.6 is 0 Å². The molecule has 0 fully saturated rings. The van der Waals surface area contributed by atoms with E-state index in [4.69, 9.17) is 4.74 Å². The van der Waals surface area contributed by atoms with Gasteiger partial charge in [-0.2, -0.15) is 0 Å². The van der Waals surface area contributed by atoms with Crippen LogP contribution in [0.15, 0.2) is 48.7 Å². The minimum atomic E-state index is -0.221. The Kier molecular flexibility index (Phi) is 4.67. The van der Waals surface area contributed by atoms with Crippen LogP contribution in [0.1, 0.15) is 19.0 Å². The van der Waals surface area contributed by atoms with Gasteiger partial charge in [0.2, 0.25) is 0 Å². The third-order valence-electron chi connectivity index (χ3n) is 2.72. The molecule has 0 bridgehead atoms. The molecule has 2 rings (SSSR count). The standard InChI is InChI=1S/C16H17NO2/c1-2-10-19-16(18)11-15-9-8-14(12-17-15)13-6-4-3-5-7-13/h3-9,12H,2,10-11H2,1H3. The number of esters is 1. The van der Waals surface area contributed by atoms with Crippen LogP contribution in [-0.4, -0.2) is 17.6 Å². The lowest BCUT2D eigenvalue weighted by molar-refractivity contribution is -0.142. The lowest BCUT2D eigenvalue weighted by Crippen LogP contribution is -2.09. The molecule has 0 spiro atoms. The van der Waals surface area contributed by atoms with E-state index in [2.05, 4.69) is 4.98 Å². The van der Waals surface area contributed by atoms with E-state index in [9.17, 15) is 4.79 Å². The van der Waals surface area contributed by atoms with Crippen LogP contribution in [0.5, 0.6) is 0 Å². The molecule has 19 heavy (non-hydrogen) atoms. The lowest BCUT2D eigenvalue weighted by atomic mass is 10.1. The number of ether oxygens (including phenoxy) is 1. The van der Waals surface area contributed by atoms with Gasteiger partial charge in [0.05, 0.1) is 18.7 Å². The second kappa shape index (κ2) is 6.69. The Labute approximate surface area is 113 Å². The second-order valence-electron chi connectivity index (χ2n) is 4.30. The molecule has 3 nitrogen and oxygen atoms in total. The first-order valence-electron chi connectivity index (χ1n) is 6.45. The average molecular weight is 255 g/mol. The quantitative estimate of drug-likeness (QED) is 0.770. The molecule has 0 saturated heterocycles. The Morgan fingerprint density at radius 2 is 1.89 bits per heavy atom. The van der Waals surface area contributed by atoms with Crippen molar-refractivity contribution < 1.29 is 9.53 Å². The molecule has 0 unspecified atom stereocenters. The zero-order chi connectivity index (χ0) is 13.5. The SMILES string of the molecule is CCCOC(=O)Cc1ccc(-c2ccccc2)cn1.